The summed E-state index contributed by atoms with van der Waals surface area (Å²) in [5.41, 5.74) is 4.46. The van der Waals surface area contributed by atoms with Gasteiger partial charge in [0.25, 0.3) is 5.91 Å². The first kappa shape index (κ1) is 16.5. The first-order chi connectivity index (χ1) is 9.84. The number of nitrogens with zero attached hydrogens (tertiary/aromatic N) is 1. The average Bonchev–Trinajstić information content (AvgIpc) is 2.42. The van der Waals surface area contributed by atoms with Crippen LogP contribution in [0.1, 0.15) is 11.1 Å². The van der Waals surface area contributed by atoms with E-state index in [0.717, 1.165) is 18.2 Å². The van der Waals surface area contributed by atoms with E-state index in [9.17, 15) is 18.0 Å². The second-order valence-electron chi connectivity index (χ2n) is 3.92. The van der Waals surface area contributed by atoms with Crippen molar-refractivity contribution >= 4 is 17.9 Å². The number of nitrogens with two attached hydrogens (primary N) is 1. The number of hydrogen-bond donors (Lipinski definition) is 2. The molecule has 1 amide bonds. The number of alkyl halides is 3. The zero-order chi connectivity index (χ0) is 15.9. The van der Waals surface area contributed by atoms with Crippen LogP contribution in [0.2, 0.25) is 0 Å². The predicted octanol–water partition coefficient (Wildman–Crippen LogP) is 2.34. The maximum Gasteiger partial charge on any atom is 0.416 e. The number of carbonyl (C=O) groups is 1. The largest absolute Gasteiger partial charge is 0.416 e. The van der Waals surface area contributed by atoms with Crippen LogP contribution in [0.25, 0.3) is 6.08 Å². The van der Waals surface area contributed by atoms with E-state index >= 15 is 0 Å². The molecule has 3 N–H and O–H groups in total. The number of carbonyl (C=O) groups excluding carboxylic acids is 1. The highest BCUT2D eigenvalue weighted by molar-refractivity contribution is 6.03. The topological polar surface area (TPSA) is 67.5 Å². The normalized spacial score (nSPS) is 12.4. The zero-order valence-electron chi connectivity index (χ0n) is 11.0. The van der Waals surface area contributed by atoms with Crippen molar-refractivity contribution in [2.75, 3.05) is 6.54 Å². The molecule has 0 aliphatic heterocycles. The third-order valence-corrected chi connectivity index (χ3v) is 2.32. The molecule has 7 heteroatoms. The van der Waals surface area contributed by atoms with Crippen LogP contribution in [0.3, 0.4) is 0 Å². The average molecular weight is 297 g/mol. The summed E-state index contributed by atoms with van der Waals surface area (Å²) < 4.78 is 38.2. The van der Waals surface area contributed by atoms with Gasteiger partial charge in [0.05, 0.1) is 12.1 Å². The number of amides is 1. The molecule has 0 aliphatic carbocycles. The van der Waals surface area contributed by atoms with E-state index in [1.54, 1.807) is 0 Å². The molecule has 0 fully saturated rings. The van der Waals surface area contributed by atoms with Crippen LogP contribution in [-0.4, -0.2) is 18.4 Å². The second kappa shape index (κ2) is 7.28. The number of halogens is 3. The Labute approximate surface area is 119 Å². The summed E-state index contributed by atoms with van der Waals surface area (Å²) in [6.07, 6.45) is -0.976. The Morgan fingerprint density at radius 2 is 2.05 bits per heavy atom. The van der Waals surface area contributed by atoms with Crippen molar-refractivity contribution in [1.82, 2.24) is 5.32 Å². The second-order valence-corrected chi connectivity index (χ2v) is 3.92. The Balaban J connectivity index is 2.82. The minimum atomic E-state index is -4.48. The Bertz CT molecular complexity index is 577. The van der Waals surface area contributed by atoms with E-state index in [2.05, 4.69) is 16.9 Å². The van der Waals surface area contributed by atoms with Crippen LogP contribution in [0.4, 0.5) is 13.2 Å². The molecule has 1 aromatic carbocycles. The van der Waals surface area contributed by atoms with Gasteiger partial charge in [-0.15, -0.1) is 6.58 Å². The lowest BCUT2D eigenvalue weighted by Crippen LogP contribution is -2.35. The minimum absolute atomic E-state index is 0.109. The number of hydrogen-bond acceptors (Lipinski definition) is 2. The van der Waals surface area contributed by atoms with Crippen molar-refractivity contribution < 1.29 is 18.0 Å². The van der Waals surface area contributed by atoms with Crippen LogP contribution in [-0.2, 0) is 11.0 Å². The molecule has 0 unspecified atom stereocenters. The fourth-order valence-corrected chi connectivity index (χ4v) is 1.44. The first-order valence-electron chi connectivity index (χ1n) is 5.90. The van der Waals surface area contributed by atoms with Gasteiger partial charge in [0.1, 0.15) is 0 Å². The monoisotopic (exact) mass is 297 g/mol. The molecular formula is C14H14F3N3O. The van der Waals surface area contributed by atoms with E-state index in [0.29, 0.717) is 0 Å². The lowest BCUT2D eigenvalue weighted by atomic mass is 10.1. The Kier molecular flexibility index (Phi) is 5.71. The zero-order valence-corrected chi connectivity index (χ0v) is 11.0. The molecule has 112 valence electrons. The number of guanidine groups is 1. The quantitative estimate of drug-likeness (QED) is 0.388. The van der Waals surface area contributed by atoms with E-state index in [1.807, 2.05) is 0 Å². The summed E-state index contributed by atoms with van der Waals surface area (Å²) >= 11 is 0. The fourth-order valence-electron chi connectivity index (χ4n) is 1.44. The van der Waals surface area contributed by atoms with Gasteiger partial charge in [-0.2, -0.15) is 13.2 Å². The van der Waals surface area contributed by atoms with Crippen molar-refractivity contribution in [3.63, 3.8) is 0 Å². The first-order valence-corrected chi connectivity index (χ1v) is 5.90. The highest BCUT2D eigenvalue weighted by atomic mass is 19.4. The van der Waals surface area contributed by atoms with Gasteiger partial charge in [-0.1, -0.05) is 24.3 Å². The molecule has 4 nitrogen and oxygen atoms in total. The van der Waals surface area contributed by atoms with E-state index in [-0.39, 0.29) is 18.1 Å². The third kappa shape index (κ3) is 5.52. The van der Waals surface area contributed by atoms with Crippen LogP contribution in [0.15, 0.2) is 48.0 Å². The Morgan fingerprint density at radius 3 is 2.67 bits per heavy atom. The molecule has 0 aliphatic rings. The predicted molar refractivity (Wildman–Crippen MR) is 75.3 cm³/mol. The summed E-state index contributed by atoms with van der Waals surface area (Å²) in [7, 11) is 0. The molecule has 0 saturated heterocycles. The molecule has 1 rings (SSSR count). The van der Waals surface area contributed by atoms with Gasteiger partial charge in [-0.25, -0.2) is 4.99 Å². The smallest absolute Gasteiger partial charge is 0.370 e. The Morgan fingerprint density at radius 1 is 1.38 bits per heavy atom. The van der Waals surface area contributed by atoms with Crippen LogP contribution in [0.5, 0.6) is 0 Å². The molecule has 21 heavy (non-hydrogen) atoms. The van der Waals surface area contributed by atoms with Crippen molar-refractivity contribution in [2.24, 2.45) is 10.7 Å². The third-order valence-electron chi connectivity index (χ3n) is 2.32. The van der Waals surface area contributed by atoms with Crippen LogP contribution in [0, 0.1) is 0 Å². The standard InChI is InChI=1S/C14H14F3N3O/c1-2-9-19-13(18)20-12(21)8-7-10-5-3-4-6-11(10)14(15,16)17/h2-8H,1,9H2,(H3,18,19,20,21)/b8-7+. The minimum Gasteiger partial charge on any atom is -0.370 e. The number of aliphatic imine (C=N–C) groups is 1. The number of rotatable bonds is 4. The van der Waals surface area contributed by atoms with Crippen LogP contribution >= 0.6 is 0 Å². The van der Waals surface area contributed by atoms with E-state index in [1.165, 1.54) is 24.3 Å². The van der Waals surface area contributed by atoms with E-state index in [4.69, 9.17) is 5.73 Å². The summed E-state index contributed by atoms with van der Waals surface area (Å²) in [6, 6.07) is 4.94. The molecule has 0 radical (unpaired) electrons. The maximum absolute atomic E-state index is 12.7. The highest BCUT2D eigenvalue weighted by Gasteiger charge is 2.32. The lowest BCUT2D eigenvalue weighted by molar-refractivity contribution is -0.137. The molecule has 0 saturated carbocycles. The van der Waals surface area contributed by atoms with Crippen molar-refractivity contribution in [3.8, 4) is 0 Å². The van der Waals surface area contributed by atoms with Gasteiger partial charge in [0.15, 0.2) is 5.96 Å². The Hall–Kier alpha value is -2.57. The fraction of sp³-hybridized carbons (Fsp3) is 0.143. The lowest BCUT2D eigenvalue weighted by Gasteiger charge is -2.09. The molecule has 0 heterocycles. The summed E-state index contributed by atoms with van der Waals surface area (Å²) in [4.78, 5) is 15.2. The van der Waals surface area contributed by atoms with Crippen molar-refractivity contribution in [3.05, 3.63) is 54.1 Å². The van der Waals surface area contributed by atoms with Gasteiger partial charge >= 0.3 is 6.18 Å². The molecule has 0 aromatic heterocycles. The van der Waals surface area contributed by atoms with Gasteiger partial charge in [0, 0.05) is 6.08 Å². The number of benzene rings is 1. The molecular weight excluding hydrogens is 283 g/mol. The summed E-state index contributed by atoms with van der Waals surface area (Å²) in [5.74, 6) is -0.800. The molecule has 0 atom stereocenters. The molecule has 1 aromatic rings. The van der Waals surface area contributed by atoms with Gasteiger partial charge in [-0.3, -0.25) is 10.1 Å². The van der Waals surface area contributed by atoms with Gasteiger partial charge in [-0.05, 0) is 17.7 Å². The van der Waals surface area contributed by atoms with E-state index < -0.39 is 17.6 Å². The van der Waals surface area contributed by atoms with Gasteiger partial charge < -0.3 is 5.73 Å². The van der Waals surface area contributed by atoms with Crippen molar-refractivity contribution in [1.29, 1.82) is 0 Å². The molecule has 0 bridgehead atoms. The summed E-state index contributed by atoms with van der Waals surface area (Å²) in [6.45, 7) is 3.65. The molecule has 0 spiro atoms. The van der Waals surface area contributed by atoms with Gasteiger partial charge in [0.2, 0.25) is 0 Å². The SMILES string of the molecule is C=CCN=C(N)NC(=O)/C=C/c1ccccc1C(F)(F)F. The van der Waals surface area contributed by atoms with Crippen LogP contribution < -0.4 is 11.1 Å². The maximum atomic E-state index is 12.7. The summed E-state index contributed by atoms with van der Waals surface area (Å²) in [5, 5.41) is 2.22. The number of nitrogens with one attached hydrogen (secondary N) is 1. The van der Waals surface area contributed by atoms with Crippen molar-refractivity contribution in [2.45, 2.75) is 6.18 Å². The highest BCUT2D eigenvalue weighted by Crippen LogP contribution is 2.32.